The number of rotatable bonds is 5. The summed E-state index contributed by atoms with van der Waals surface area (Å²) in [6.45, 7) is 6.92. The van der Waals surface area contributed by atoms with Crippen molar-refractivity contribution < 1.29 is 4.63 Å². The normalized spacial score (nSPS) is 11.1. The second-order valence-corrected chi connectivity index (χ2v) is 5.19. The van der Waals surface area contributed by atoms with Crippen LogP contribution in [0.5, 0.6) is 0 Å². The van der Waals surface area contributed by atoms with Crippen LogP contribution in [0.4, 0.5) is 17.3 Å². The van der Waals surface area contributed by atoms with Gasteiger partial charge in [0.2, 0.25) is 11.3 Å². The summed E-state index contributed by atoms with van der Waals surface area (Å²) in [5, 5.41) is 10.9. The standard InChI is InChI=1S/C15H18N6O/c1-4-21(11-8-6-5-7-9-11)15-14(16-10(2)3)17-12-13(18-15)20-22-19-12/h5-10H,4H2,1-3H3,(H,16,17,19). The highest BCUT2D eigenvalue weighted by Crippen LogP contribution is 2.30. The van der Waals surface area contributed by atoms with Gasteiger partial charge < -0.3 is 10.2 Å². The number of benzene rings is 1. The molecule has 1 N–H and O–H groups in total. The molecule has 0 bridgehead atoms. The van der Waals surface area contributed by atoms with E-state index in [1.54, 1.807) is 0 Å². The quantitative estimate of drug-likeness (QED) is 0.775. The van der Waals surface area contributed by atoms with E-state index in [2.05, 4.69) is 51.3 Å². The van der Waals surface area contributed by atoms with E-state index >= 15 is 0 Å². The minimum atomic E-state index is 0.222. The predicted molar refractivity (Wildman–Crippen MR) is 85.3 cm³/mol. The molecule has 2 aromatic heterocycles. The molecular weight excluding hydrogens is 280 g/mol. The highest BCUT2D eigenvalue weighted by molar-refractivity contribution is 5.77. The first kappa shape index (κ1) is 14.2. The molecule has 3 aromatic rings. The summed E-state index contributed by atoms with van der Waals surface area (Å²) < 4.78 is 4.73. The monoisotopic (exact) mass is 298 g/mol. The Bertz CT molecular complexity index is 755. The molecule has 0 fully saturated rings. The average Bonchev–Trinajstić information content (AvgIpc) is 2.96. The molecule has 0 aliphatic rings. The van der Waals surface area contributed by atoms with Gasteiger partial charge in [-0.3, -0.25) is 0 Å². The van der Waals surface area contributed by atoms with Gasteiger partial charge in [0, 0.05) is 18.3 Å². The van der Waals surface area contributed by atoms with Crippen molar-refractivity contribution in [2.75, 3.05) is 16.8 Å². The highest BCUT2D eigenvalue weighted by atomic mass is 16.6. The fourth-order valence-electron chi connectivity index (χ4n) is 2.25. The number of hydrogen-bond donors (Lipinski definition) is 1. The van der Waals surface area contributed by atoms with E-state index in [1.165, 1.54) is 0 Å². The third-order valence-electron chi connectivity index (χ3n) is 3.16. The van der Waals surface area contributed by atoms with Crippen LogP contribution in [0.2, 0.25) is 0 Å². The average molecular weight is 298 g/mol. The number of fused-ring (bicyclic) bond motifs is 1. The van der Waals surface area contributed by atoms with Crippen LogP contribution in [0.3, 0.4) is 0 Å². The van der Waals surface area contributed by atoms with Gasteiger partial charge >= 0.3 is 0 Å². The molecule has 1 aromatic carbocycles. The summed E-state index contributed by atoms with van der Waals surface area (Å²) in [5.41, 5.74) is 1.84. The fraction of sp³-hybridized carbons (Fsp3) is 0.333. The first-order valence-corrected chi connectivity index (χ1v) is 7.28. The van der Waals surface area contributed by atoms with Crippen molar-refractivity contribution in [2.24, 2.45) is 0 Å². The van der Waals surface area contributed by atoms with Gasteiger partial charge in [0.15, 0.2) is 11.6 Å². The third kappa shape index (κ3) is 2.69. The molecule has 7 nitrogen and oxygen atoms in total. The third-order valence-corrected chi connectivity index (χ3v) is 3.16. The van der Waals surface area contributed by atoms with Crippen molar-refractivity contribution in [3.05, 3.63) is 30.3 Å². The molecule has 0 aliphatic heterocycles. The predicted octanol–water partition coefficient (Wildman–Crippen LogP) is 2.99. The summed E-state index contributed by atoms with van der Waals surface area (Å²) >= 11 is 0. The number of aromatic nitrogens is 4. The van der Waals surface area contributed by atoms with Crippen LogP contribution in [0.25, 0.3) is 11.3 Å². The first-order chi connectivity index (χ1) is 10.7. The SMILES string of the molecule is CCN(c1ccccc1)c1nc2nonc2nc1NC(C)C. The number of nitrogens with zero attached hydrogens (tertiary/aromatic N) is 5. The van der Waals surface area contributed by atoms with Gasteiger partial charge in [-0.1, -0.05) is 18.2 Å². The van der Waals surface area contributed by atoms with Crippen LogP contribution < -0.4 is 10.2 Å². The molecule has 0 saturated carbocycles. The van der Waals surface area contributed by atoms with Gasteiger partial charge in [0.25, 0.3) is 0 Å². The lowest BCUT2D eigenvalue weighted by Gasteiger charge is -2.24. The zero-order chi connectivity index (χ0) is 15.5. The van der Waals surface area contributed by atoms with Gasteiger partial charge in [-0.15, -0.1) is 0 Å². The van der Waals surface area contributed by atoms with E-state index in [9.17, 15) is 0 Å². The van der Waals surface area contributed by atoms with Crippen LogP contribution >= 0.6 is 0 Å². The van der Waals surface area contributed by atoms with Crippen LogP contribution in [-0.4, -0.2) is 32.9 Å². The smallest absolute Gasteiger partial charge is 0.245 e. The molecule has 114 valence electrons. The summed E-state index contributed by atoms with van der Waals surface area (Å²) in [5.74, 6) is 1.38. The molecule has 0 atom stereocenters. The van der Waals surface area contributed by atoms with Gasteiger partial charge in [-0.25, -0.2) is 14.6 Å². The molecule has 22 heavy (non-hydrogen) atoms. The van der Waals surface area contributed by atoms with E-state index in [4.69, 9.17) is 4.63 Å². The Morgan fingerprint density at radius 2 is 1.77 bits per heavy atom. The van der Waals surface area contributed by atoms with Gasteiger partial charge in [-0.2, -0.15) is 0 Å². The van der Waals surface area contributed by atoms with E-state index < -0.39 is 0 Å². The Hall–Kier alpha value is -2.70. The van der Waals surface area contributed by atoms with Crippen LogP contribution in [0.15, 0.2) is 35.0 Å². The number of nitrogens with one attached hydrogen (secondary N) is 1. The minimum absolute atomic E-state index is 0.222. The number of para-hydroxylation sites is 1. The zero-order valence-corrected chi connectivity index (χ0v) is 12.8. The van der Waals surface area contributed by atoms with Crippen molar-refractivity contribution in [1.82, 2.24) is 20.3 Å². The highest BCUT2D eigenvalue weighted by Gasteiger charge is 2.19. The molecular formula is C15H18N6O. The Labute approximate surface area is 128 Å². The van der Waals surface area contributed by atoms with Crippen LogP contribution in [-0.2, 0) is 0 Å². The van der Waals surface area contributed by atoms with Crippen molar-refractivity contribution >= 4 is 28.6 Å². The summed E-state index contributed by atoms with van der Waals surface area (Å²) in [4.78, 5) is 11.1. The Morgan fingerprint density at radius 1 is 1.09 bits per heavy atom. The maximum Gasteiger partial charge on any atom is 0.245 e. The number of anilines is 3. The molecule has 0 unspecified atom stereocenters. The Balaban J connectivity index is 2.13. The van der Waals surface area contributed by atoms with Gasteiger partial charge in [0.1, 0.15) is 0 Å². The largest absolute Gasteiger partial charge is 0.365 e. The van der Waals surface area contributed by atoms with E-state index in [0.29, 0.717) is 22.9 Å². The van der Waals surface area contributed by atoms with Gasteiger partial charge in [0.05, 0.1) is 0 Å². The fourth-order valence-corrected chi connectivity index (χ4v) is 2.25. The minimum Gasteiger partial charge on any atom is -0.365 e. The molecule has 7 heteroatoms. The second-order valence-electron chi connectivity index (χ2n) is 5.19. The van der Waals surface area contributed by atoms with E-state index in [-0.39, 0.29) is 6.04 Å². The Morgan fingerprint density at radius 3 is 2.41 bits per heavy atom. The lowest BCUT2D eigenvalue weighted by molar-refractivity contribution is 0.314. The molecule has 0 radical (unpaired) electrons. The first-order valence-electron chi connectivity index (χ1n) is 7.28. The lowest BCUT2D eigenvalue weighted by atomic mass is 10.3. The molecule has 3 rings (SSSR count). The summed E-state index contributed by atoms with van der Waals surface area (Å²) in [6.07, 6.45) is 0. The van der Waals surface area contributed by atoms with Crippen molar-refractivity contribution in [2.45, 2.75) is 26.8 Å². The maximum absolute atomic E-state index is 4.73. The maximum atomic E-state index is 4.73. The van der Waals surface area contributed by atoms with Crippen molar-refractivity contribution in [1.29, 1.82) is 0 Å². The number of hydrogen-bond acceptors (Lipinski definition) is 7. The zero-order valence-electron chi connectivity index (χ0n) is 12.8. The molecule has 0 spiro atoms. The lowest BCUT2D eigenvalue weighted by Crippen LogP contribution is -2.22. The van der Waals surface area contributed by atoms with Crippen LogP contribution in [0, 0.1) is 0 Å². The molecule has 0 aliphatic carbocycles. The molecule has 0 amide bonds. The van der Waals surface area contributed by atoms with Gasteiger partial charge in [-0.05, 0) is 43.2 Å². The van der Waals surface area contributed by atoms with E-state index in [0.717, 1.165) is 12.2 Å². The molecule has 0 saturated heterocycles. The summed E-state index contributed by atoms with van der Waals surface area (Å²) in [6, 6.07) is 10.3. The molecule has 2 heterocycles. The summed E-state index contributed by atoms with van der Waals surface area (Å²) in [7, 11) is 0. The van der Waals surface area contributed by atoms with Crippen molar-refractivity contribution in [3.8, 4) is 0 Å². The second kappa shape index (κ2) is 5.97. The van der Waals surface area contributed by atoms with E-state index in [1.807, 2.05) is 30.3 Å². The van der Waals surface area contributed by atoms with Crippen molar-refractivity contribution in [3.63, 3.8) is 0 Å². The topological polar surface area (TPSA) is 80.0 Å². The Kier molecular flexibility index (Phi) is 3.86. The van der Waals surface area contributed by atoms with Crippen LogP contribution in [0.1, 0.15) is 20.8 Å².